The first-order chi connectivity index (χ1) is 11.2. The molecule has 0 aliphatic carbocycles. The van der Waals surface area contributed by atoms with Gasteiger partial charge in [-0.1, -0.05) is 18.7 Å². The Morgan fingerprint density at radius 2 is 2.22 bits per heavy atom. The number of amides is 1. The molecular formula is C16H27N3O3S. The maximum Gasteiger partial charge on any atom is 0.233 e. The first-order valence-corrected chi connectivity index (χ1v) is 9.19. The molecule has 0 bridgehead atoms. The number of rotatable bonds is 8. The van der Waals surface area contributed by atoms with Gasteiger partial charge in [-0.2, -0.15) is 0 Å². The van der Waals surface area contributed by atoms with Crippen molar-refractivity contribution in [2.75, 3.05) is 32.6 Å². The Balaban J connectivity index is 1.89. The summed E-state index contributed by atoms with van der Waals surface area (Å²) in [6.45, 7) is 5.33. The van der Waals surface area contributed by atoms with Crippen LogP contribution in [0.3, 0.4) is 0 Å². The lowest BCUT2D eigenvalue weighted by Crippen LogP contribution is -2.38. The molecule has 23 heavy (non-hydrogen) atoms. The molecule has 2 heterocycles. The molecule has 6 nitrogen and oxygen atoms in total. The van der Waals surface area contributed by atoms with Crippen molar-refractivity contribution in [3.63, 3.8) is 0 Å². The molecule has 0 radical (unpaired) electrons. The van der Waals surface area contributed by atoms with Crippen molar-refractivity contribution in [3.8, 4) is 0 Å². The fourth-order valence-corrected chi connectivity index (χ4v) is 3.64. The van der Waals surface area contributed by atoms with E-state index in [4.69, 9.17) is 4.74 Å². The summed E-state index contributed by atoms with van der Waals surface area (Å²) in [6.07, 6.45) is 4.72. The zero-order chi connectivity index (χ0) is 16.7. The van der Waals surface area contributed by atoms with Gasteiger partial charge in [0.1, 0.15) is 0 Å². The van der Waals surface area contributed by atoms with Gasteiger partial charge in [-0.15, -0.1) is 0 Å². The third-order valence-corrected chi connectivity index (χ3v) is 5.23. The van der Waals surface area contributed by atoms with Crippen LogP contribution in [0.15, 0.2) is 11.4 Å². The monoisotopic (exact) mass is 341 g/mol. The minimum absolute atomic E-state index is 0.0432. The Kier molecular flexibility index (Phi) is 7.39. The van der Waals surface area contributed by atoms with Crippen LogP contribution in [-0.2, 0) is 22.7 Å². The molecule has 130 valence electrons. The summed E-state index contributed by atoms with van der Waals surface area (Å²) in [5.74, 6) is 1.30. The van der Waals surface area contributed by atoms with Crippen molar-refractivity contribution in [3.05, 3.63) is 11.9 Å². The van der Waals surface area contributed by atoms with E-state index in [1.807, 2.05) is 9.47 Å². The molecule has 1 aliphatic heterocycles. The first kappa shape index (κ1) is 18.3. The average Bonchev–Trinajstić information content (AvgIpc) is 2.95. The third-order valence-electron chi connectivity index (χ3n) is 4.25. The van der Waals surface area contributed by atoms with Gasteiger partial charge in [0.15, 0.2) is 5.16 Å². The van der Waals surface area contributed by atoms with E-state index >= 15 is 0 Å². The van der Waals surface area contributed by atoms with Crippen LogP contribution in [0.4, 0.5) is 0 Å². The molecule has 1 fully saturated rings. The highest BCUT2D eigenvalue weighted by atomic mass is 32.2. The number of ether oxygens (including phenoxy) is 1. The van der Waals surface area contributed by atoms with Gasteiger partial charge in [0.05, 0.1) is 24.3 Å². The first-order valence-electron chi connectivity index (χ1n) is 8.20. The molecule has 1 amide bonds. The molecule has 1 saturated heterocycles. The van der Waals surface area contributed by atoms with Gasteiger partial charge >= 0.3 is 0 Å². The fourth-order valence-electron chi connectivity index (χ4n) is 2.72. The molecule has 1 aliphatic rings. The SMILES string of the molecule is COCCCn1c(CO)cnc1SCC(=O)N1CCC(C)CC1. The smallest absolute Gasteiger partial charge is 0.233 e. The second-order valence-corrected chi connectivity index (χ2v) is 6.98. The second kappa shape index (κ2) is 9.30. The molecule has 1 aromatic heterocycles. The number of likely N-dealkylation sites (tertiary alicyclic amines) is 1. The standard InChI is InChI=1S/C16H27N3O3S/c1-13-4-7-18(8-5-13)15(21)12-23-16-17-10-14(11-20)19(16)6-3-9-22-2/h10,13,20H,3-9,11-12H2,1-2H3. The van der Waals surface area contributed by atoms with Crippen LogP contribution in [-0.4, -0.2) is 58.0 Å². The number of hydrogen-bond donors (Lipinski definition) is 1. The van der Waals surface area contributed by atoms with Gasteiger partial charge in [0, 0.05) is 33.4 Å². The van der Waals surface area contributed by atoms with E-state index < -0.39 is 0 Å². The lowest BCUT2D eigenvalue weighted by molar-refractivity contribution is -0.129. The fraction of sp³-hybridized carbons (Fsp3) is 0.750. The zero-order valence-electron chi connectivity index (χ0n) is 14.0. The molecule has 0 aromatic carbocycles. The Morgan fingerprint density at radius 1 is 1.48 bits per heavy atom. The van der Waals surface area contributed by atoms with E-state index in [9.17, 15) is 9.90 Å². The summed E-state index contributed by atoms with van der Waals surface area (Å²) in [5.41, 5.74) is 0.780. The summed E-state index contributed by atoms with van der Waals surface area (Å²) in [4.78, 5) is 18.6. The molecule has 2 rings (SSSR count). The Hall–Kier alpha value is -1.05. The van der Waals surface area contributed by atoms with Crippen LogP contribution < -0.4 is 0 Å². The highest BCUT2D eigenvalue weighted by Gasteiger charge is 2.21. The Morgan fingerprint density at radius 3 is 2.87 bits per heavy atom. The van der Waals surface area contributed by atoms with Crippen LogP contribution in [0.25, 0.3) is 0 Å². The van der Waals surface area contributed by atoms with E-state index in [2.05, 4.69) is 11.9 Å². The quantitative estimate of drug-likeness (QED) is 0.576. The molecule has 1 N–H and O–H groups in total. The predicted molar refractivity (Wildman–Crippen MR) is 90.3 cm³/mol. The van der Waals surface area contributed by atoms with Gasteiger partial charge in [-0.3, -0.25) is 4.79 Å². The number of aliphatic hydroxyl groups excluding tert-OH is 1. The van der Waals surface area contributed by atoms with Gasteiger partial charge in [-0.05, 0) is 25.2 Å². The summed E-state index contributed by atoms with van der Waals surface area (Å²) < 4.78 is 7.06. The number of thioether (sulfide) groups is 1. The van der Waals surface area contributed by atoms with Crippen LogP contribution >= 0.6 is 11.8 Å². The van der Waals surface area contributed by atoms with Crippen molar-refractivity contribution in [1.29, 1.82) is 0 Å². The maximum atomic E-state index is 12.3. The number of nitrogens with zero attached hydrogens (tertiary/aromatic N) is 3. The van der Waals surface area contributed by atoms with Gasteiger partial charge in [-0.25, -0.2) is 4.98 Å². The van der Waals surface area contributed by atoms with E-state index in [-0.39, 0.29) is 12.5 Å². The summed E-state index contributed by atoms with van der Waals surface area (Å²) in [7, 11) is 1.68. The van der Waals surface area contributed by atoms with E-state index in [1.54, 1.807) is 13.3 Å². The van der Waals surface area contributed by atoms with Crippen molar-refractivity contribution >= 4 is 17.7 Å². The highest BCUT2D eigenvalue weighted by molar-refractivity contribution is 7.99. The number of carbonyl (C=O) groups excluding carboxylic acids is 1. The lowest BCUT2D eigenvalue weighted by atomic mass is 9.99. The summed E-state index contributed by atoms with van der Waals surface area (Å²) >= 11 is 1.45. The number of carbonyl (C=O) groups is 1. The van der Waals surface area contributed by atoms with E-state index in [0.717, 1.165) is 55.7 Å². The number of aliphatic hydroxyl groups is 1. The Labute approximate surface area is 142 Å². The van der Waals surface area contributed by atoms with Crippen LogP contribution in [0.2, 0.25) is 0 Å². The van der Waals surface area contributed by atoms with Crippen LogP contribution in [0, 0.1) is 5.92 Å². The van der Waals surface area contributed by atoms with Crippen molar-refractivity contribution in [2.24, 2.45) is 5.92 Å². The van der Waals surface area contributed by atoms with Crippen molar-refractivity contribution < 1.29 is 14.6 Å². The van der Waals surface area contributed by atoms with Crippen molar-refractivity contribution in [1.82, 2.24) is 14.5 Å². The number of methoxy groups -OCH3 is 1. The largest absolute Gasteiger partial charge is 0.390 e. The van der Waals surface area contributed by atoms with Gasteiger partial charge in [0.25, 0.3) is 0 Å². The molecular weight excluding hydrogens is 314 g/mol. The topological polar surface area (TPSA) is 67.6 Å². The van der Waals surface area contributed by atoms with E-state index in [0.29, 0.717) is 12.4 Å². The normalized spacial score (nSPS) is 16.0. The minimum Gasteiger partial charge on any atom is -0.390 e. The minimum atomic E-state index is -0.0432. The number of imidazole rings is 1. The van der Waals surface area contributed by atoms with Gasteiger partial charge < -0.3 is 19.3 Å². The summed E-state index contributed by atoms with van der Waals surface area (Å²) in [6, 6.07) is 0. The lowest BCUT2D eigenvalue weighted by Gasteiger charge is -2.30. The number of aromatic nitrogens is 2. The molecule has 0 atom stereocenters. The molecule has 0 unspecified atom stereocenters. The average molecular weight is 341 g/mol. The Bertz CT molecular complexity index is 499. The summed E-state index contributed by atoms with van der Waals surface area (Å²) in [5, 5.41) is 10.2. The van der Waals surface area contributed by atoms with Crippen LogP contribution in [0.5, 0.6) is 0 Å². The maximum absolute atomic E-state index is 12.3. The zero-order valence-corrected chi connectivity index (χ0v) is 14.8. The van der Waals surface area contributed by atoms with E-state index in [1.165, 1.54) is 11.8 Å². The second-order valence-electron chi connectivity index (χ2n) is 6.04. The molecule has 0 spiro atoms. The number of piperidine rings is 1. The molecule has 1 aromatic rings. The molecule has 7 heteroatoms. The van der Waals surface area contributed by atoms with Gasteiger partial charge in [0.2, 0.25) is 5.91 Å². The third kappa shape index (κ3) is 5.22. The highest BCUT2D eigenvalue weighted by Crippen LogP contribution is 2.22. The predicted octanol–water partition coefficient (Wildman–Crippen LogP) is 1.76. The number of hydrogen-bond acceptors (Lipinski definition) is 5. The molecule has 0 saturated carbocycles. The van der Waals surface area contributed by atoms with Crippen LogP contribution in [0.1, 0.15) is 31.9 Å². The van der Waals surface area contributed by atoms with Crippen molar-refractivity contribution in [2.45, 2.75) is 44.5 Å².